The zero-order valence-electron chi connectivity index (χ0n) is 13.7. The van der Waals surface area contributed by atoms with Gasteiger partial charge in [0.05, 0.1) is 23.3 Å². The van der Waals surface area contributed by atoms with Crippen LogP contribution in [0.15, 0.2) is 33.7 Å². The van der Waals surface area contributed by atoms with Gasteiger partial charge in [-0.2, -0.15) is 0 Å². The van der Waals surface area contributed by atoms with Crippen molar-refractivity contribution in [3.05, 3.63) is 49.9 Å². The molecule has 0 amide bonds. The van der Waals surface area contributed by atoms with Crippen LogP contribution in [-0.4, -0.2) is 18.0 Å². The SMILES string of the molecule is CN=C(NCc1sc(C)nc1C)NC(C)c1ccccc1Br.I. The van der Waals surface area contributed by atoms with Gasteiger partial charge in [0.1, 0.15) is 0 Å². The summed E-state index contributed by atoms with van der Waals surface area (Å²) in [6, 6.07) is 8.37. The number of aliphatic imine (C=N–C) groups is 1. The molecule has 2 rings (SSSR count). The van der Waals surface area contributed by atoms with E-state index in [1.165, 1.54) is 10.4 Å². The number of nitrogens with one attached hydrogen (secondary N) is 2. The van der Waals surface area contributed by atoms with Crippen LogP contribution in [0.3, 0.4) is 0 Å². The molecule has 0 saturated carbocycles. The fourth-order valence-electron chi connectivity index (χ4n) is 2.21. The Morgan fingerprint density at radius 1 is 1.35 bits per heavy atom. The Kier molecular flexibility index (Phi) is 8.49. The first-order chi connectivity index (χ1) is 10.5. The Bertz CT molecular complexity index is 672. The molecule has 7 heteroatoms. The number of guanidine groups is 1. The molecule has 126 valence electrons. The summed E-state index contributed by atoms with van der Waals surface area (Å²) < 4.78 is 1.10. The van der Waals surface area contributed by atoms with Crippen LogP contribution in [0.25, 0.3) is 0 Å². The predicted molar refractivity (Wildman–Crippen MR) is 113 cm³/mol. The van der Waals surface area contributed by atoms with Crippen molar-refractivity contribution in [2.24, 2.45) is 4.99 Å². The molecule has 0 aliphatic rings. The highest BCUT2D eigenvalue weighted by molar-refractivity contribution is 14.0. The molecule has 1 aromatic heterocycles. The van der Waals surface area contributed by atoms with E-state index >= 15 is 0 Å². The van der Waals surface area contributed by atoms with Crippen LogP contribution in [0.4, 0.5) is 0 Å². The Morgan fingerprint density at radius 3 is 2.61 bits per heavy atom. The van der Waals surface area contributed by atoms with Gasteiger partial charge in [-0.25, -0.2) is 4.98 Å². The largest absolute Gasteiger partial charge is 0.351 e. The molecule has 0 aliphatic carbocycles. The standard InChI is InChI=1S/C16H21BrN4S.HI/c1-10(13-7-5-6-8-14(13)17)21-16(18-4)19-9-15-11(2)20-12(3)22-15;/h5-8,10H,9H2,1-4H3,(H2,18,19,21);1H. The monoisotopic (exact) mass is 508 g/mol. The van der Waals surface area contributed by atoms with Gasteiger partial charge in [-0.15, -0.1) is 35.3 Å². The Balaban J connectivity index is 0.00000264. The molecule has 0 fully saturated rings. The van der Waals surface area contributed by atoms with Crippen molar-refractivity contribution in [2.75, 3.05) is 7.05 Å². The van der Waals surface area contributed by atoms with Gasteiger partial charge in [0, 0.05) is 16.4 Å². The van der Waals surface area contributed by atoms with Crippen LogP contribution in [-0.2, 0) is 6.54 Å². The van der Waals surface area contributed by atoms with Crippen LogP contribution < -0.4 is 10.6 Å². The molecule has 1 unspecified atom stereocenters. The van der Waals surface area contributed by atoms with E-state index in [2.05, 4.69) is 49.5 Å². The molecule has 2 N–H and O–H groups in total. The fraction of sp³-hybridized carbons (Fsp3) is 0.375. The van der Waals surface area contributed by atoms with E-state index in [1.807, 2.05) is 32.0 Å². The minimum absolute atomic E-state index is 0. The maximum atomic E-state index is 4.45. The first kappa shape index (κ1) is 20.4. The minimum atomic E-state index is 0. The lowest BCUT2D eigenvalue weighted by Crippen LogP contribution is -2.38. The Hall–Kier alpha value is -0.670. The van der Waals surface area contributed by atoms with E-state index in [0.717, 1.165) is 27.7 Å². The summed E-state index contributed by atoms with van der Waals surface area (Å²) in [5.41, 5.74) is 2.29. The first-order valence-corrected chi connectivity index (χ1v) is 8.76. The molecule has 1 aromatic carbocycles. The second kappa shape index (κ2) is 9.58. The maximum absolute atomic E-state index is 4.45. The molecule has 4 nitrogen and oxygen atoms in total. The predicted octanol–water partition coefficient (Wildman–Crippen LogP) is 4.57. The zero-order chi connectivity index (χ0) is 16.1. The second-order valence-corrected chi connectivity index (χ2v) is 7.20. The van der Waals surface area contributed by atoms with E-state index in [1.54, 1.807) is 18.4 Å². The zero-order valence-corrected chi connectivity index (χ0v) is 18.4. The molecule has 0 saturated heterocycles. The number of hydrogen-bond acceptors (Lipinski definition) is 3. The van der Waals surface area contributed by atoms with Crippen molar-refractivity contribution in [3.63, 3.8) is 0 Å². The van der Waals surface area contributed by atoms with E-state index in [-0.39, 0.29) is 30.0 Å². The second-order valence-electron chi connectivity index (χ2n) is 5.05. The van der Waals surface area contributed by atoms with Crippen LogP contribution in [0.2, 0.25) is 0 Å². The summed E-state index contributed by atoms with van der Waals surface area (Å²) in [5, 5.41) is 7.86. The van der Waals surface area contributed by atoms with Crippen LogP contribution in [0, 0.1) is 13.8 Å². The molecule has 0 bridgehead atoms. The Morgan fingerprint density at radius 2 is 2.04 bits per heavy atom. The third kappa shape index (κ3) is 5.72. The van der Waals surface area contributed by atoms with Gasteiger partial charge in [0.15, 0.2) is 5.96 Å². The van der Waals surface area contributed by atoms with Crippen LogP contribution in [0.5, 0.6) is 0 Å². The molecular weight excluding hydrogens is 487 g/mol. The number of nitrogens with zero attached hydrogens (tertiary/aromatic N) is 2. The van der Waals surface area contributed by atoms with E-state index in [4.69, 9.17) is 0 Å². The molecular formula is C16H22BrIN4S. The van der Waals surface area contributed by atoms with Gasteiger partial charge in [-0.1, -0.05) is 34.1 Å². The average molecular weight is 509 g/mol. The fourth-order valence-corrected chi connectivity index (χ4v) is 3.71. The van der Waals surface area contributed by atoms with Crippen molar-refractivity contribution < 1.29 is 0 Å². The van der Waals surface area contributed by atoms with Gasteiger partial charge < -0.3 is 10.6 Å². The third-order valence-electron chi connectivity index (χ3n) is 3.36. The number of thiazole rings is 1. The van der Waals surface area contributed by atoms with Gasteiger partial charge in [-0.05, 0) is 32.4 Å². The Labute approximate surface area is 167 Å². The van der Waals surface area contributed by atoms with Gasteiger partial charge in [0.25, 0.3) is 0 Å². The molecule has 0 radical (unpaired) electrons. The average Bonchev–Trinajstić information content (AvgIpc) is 2.81. The summed E-state index contributed by atoms with van der Waals surface area (Å²) in [6.45, 7) is 6.93. The topological polar surface area (TPSA) is 49.3 Å². The lowest BCUT2D eigenvalue weighted by molar-refractivity contribution is 0.683. The van der Waals surface area contributed by atoms with Crippen LogP contribution in [0.1, 0.15) is 34.1 Å². The molecule has 23 heavy (non-hydrogen) atoms. The summed E-state index contributed by atoms with van der Waals surface area (Å²) in [5.74, 6) is 0.786. The molecule has 1 atom stereocenters. The third-order valence-corrected chi connectivity index (χ3v) is 5.16. The van der Waals surface area contributed by atoms with E-state index < -0.39 is 0 Å². The number of aromatic nitrogens is 1. The lowest BCUT2D eigenvalue weighted by atomic mass is 10.1. The number of rotatable bonds is 4. The van der Waals surface area contributed by atoms with Gasteiger partial charge in [-0.3, -0.25) is 4.99 Å². The van der Waals surface area contributed by atoms with Crippen molar-refractivity contribution in [1.29, 1.82) is 0 Å². The highest BCUT2D eigenvalue weighted by Gasteiger charge is 2.11. The smallest absolute Gasteiger partial charge is 0.191 e. The summed E-state index contributed by atoms with van der Waals surface area (Å²) >= 11 is 5.31. The summed E-state index contributed by atoms with van der Waals surface area (Å²) in [6.07, 6.45) is 0. The highest BCUT2D eigenvalue weighted by atomic mass is 127. The van der Waals surface area contributed by atoms with Crippen molar-refractivity contribution in [1.82, 2.24) is 15.6 Å². The number of aryl methyl sites for hydroxylation is 2. The first-order valence-electron chi connectivity index (χ1n) is 7.15. The molecule has 0 spiro atoms. The minimum Gasteiger partial charge on any atom is -0.351 e. The van der Waals surface area contributed by atoms with Crippen molar-refractivity contribution in [2.45, 2.75) is 33.4 Å². The quantitative estimate of drug-likeness (QED) is 0.361. The normalized spacial score (nSPS) is 12.5. The van der Waals surface area contributed by atoms with Crippen molar-refractivity contribution in [3.8, 4) is 0 Å². The summed E-state index contributed by atoms with van der Waals surface area (Å²) in [4.78, 5) is 9.99. The van der Waals surface area contributed by atoms with E-state index in [9.17, 15) is 0 Å². The maximum Gasteiger partial charge on any atom is 0.191 e. The highest BCUT2D eigenvalue weighted by Crippen LogP contribution is 2.22. The van der Waals surface area contributed by atoms with Gasteiger partial charge in [0.2, 0.25) is 0 Å². The summed E-state index contributed by atoms with van der Waals surface area (Å²) in [7, 11) is 1.78. The van der Waals surface area contributed by atoms with Crippen molar-refractivity contribution >= 4 is 57.2 Å². The number of halogens is 2. The number of hydrogen-bond donors (Lipinski definition) is 2. The van der Waals surface area contributed by atoms with E-state index in [0.29, 0.717) is 0 Å². The van der Waals surface area contributed by atoms with Gasteiger partial charge >= 0.3 is 0 Å². The number of benzene rings is 1. The molecule has 0 aliphatic heterocycles. The van der Waals surface area contributed by atoms with Crippen LogP contribution >= 0.6 is 51.2 Å². The molecule has 2 aromatic rings. The molecule has 1 heterocycles. The lowest BCUT2D eigenvalue weighted by Gasteiger charge is -2.19.